The highest BCUT2D eigenvalue weighted by Gasteiger charge is 2.40. The van der Waals surface area contributed by atoms with Gasteiger partial charge < -0.3 is 4.74 Å². The van der Waals surface area contributed by atoms with Crippen LogP contribution in [0.1, 0.15) is 78.7 Å². The Bertz CT molecular complexity index is 678. The van der Waals surface area contributed by atoms with Gasteiger partial charge in [0.15, 0.2) is 0 Å². The minimum Gasteiger partial charge on any atom is -0.459 e. The van der Waals surface area contributed by atoms with E-state index in [9.17, 15) is 4.79 Å². The standard InChI is InChI=1S/C26H38O2/c1-8-10-14-19-25(5,6)28-24(27)23(22-17-12-11-13-18-22)26(7,9-2)20-15-16-21(3)4/h8-13,16-18,23H,2,14-15,19-20H2,1,3-7H3. The van der Waals surface area contributed by atoms with Crippen molar-refractivity contribution in [3.63, 3.8) is 0 Å². The summed E-state index contributed by atoms with van der Waals surface area (Å²) in [5, 5.41) is 0. The molecule has 0 aliphatic heterocycles. The van der Waals surface area contributed by atoms with Crippen LogP contribution in [0.25, 0.3) is 0 Å². The van der Waals surface area contributed by atoms with Crippen LogP contribution in [0.3, 0.4) is 0 Å². The molecule has 1 rings (SSSR count). The van der Waals surface area contributed by atoms with Gasteiger partial charge >= 0.3 is 5.97 Å². The van der Waals surface area contributed by atoms with Gasteiger partial charge in [0, 0.05) is 5.41 Å². The van der Waals surface area contributed by atoms with Crippen LogP contribution in [0.5, 0.6) is 0 Å². The van der Waals surface area contributed by atoms with Crippen molar-refractivity contribution in [2.45, 2.75) is 78.7 Å². The summed E-state index contributed by atoms with van der Waals surface area (Å²) in [6.07, 6.45) is 11.7. The van der Waals surface area contributed by atoms with Gasteiger partial charge in [-0.05, 0) is 65.9 Å². The SMILES string of the molecule is C=CC(C)(CCC=C(C)C)C(C(=O)OC(C)(C)CCC=CC)c1ccccc1. The number of carbonyl (C=O) groups excluding carboxylic acids is 1. The minimum atomic E-state index is -0.508. The Labute approximate surface area is 172 Å². The fraction of sp³-hybridized carbons (Fsp3) is 0.500. The van der Waals surface area contributed by atoms with Crippen molar-refractivity contribution in [3.8, 4) is 0 Å². The Morgan fingerprint density at radius 2 is 1.75 bits per heavy atom. The maximum atomic E-state index is 13.4. The molecule has 0 saturated heterocycles. The number of carbonyl (C=O) groups is 1. The molecule has 0 amide bonds. The summed E-state index contributed by atoms with van der Waals surface area (Å²) < 4.78 is 6.04. The lowest BCUT2D eigenvalue weighted by molar-refractivity contribution is -0.161. The van der Waals surface area contributed by atoms with Crippen LogP contribution >= 0.6 is 0 Å². The molecule has 0 aliphatic carbocycles. The molecule has 2 atom stereocenters. The maximum Gasteiger partial charge on any atom is 0.314 e. The fourth-order valence-electron chi connectivity index (χ4n) is 3.45. The zero-order chi connectivity index (χ0) is 21.2. The monoisotopic (exact) mass is 382 g/mol. The molecule has 154 valence electrons. The fourth-order valence-corrected chi connectivity index (χ4v) is 3.45. The predicted octanol–water partition coefficient (Wildman–Crippen LogP) is 7.39. The van der Waals surface area contributed by atoms with E-state index in [1.54, 1.807) is 0 Å². The van der Waals surface area contributed by atoms with E-state index in [-0.39, 0.29) is 17.3 Å². The highest BCUT2D eigenvalue weighted by atomic mass is 16.6. The van der Waals surface area contributed by atoms with Gasteiger partial charge in [-0.15, -0.1) is 6.58 Å². The first-order valence-electron chi connectivity index (χ1n) is 10.3. The van der Waals surface area contributed by atoms with Gasteiger partial charge in [0.05, 0.1) is 5.92 Å². The molecule has 0 spiro atoms. The Morgan fingerprint density at radius 1 is 1.11 bits per heavy atom. The molecular weight excluding hydrogens is 344 g/mol. The highest BCUT2D eigenvalue weighted by molar-refractivity contribution is 5.80. The van der Waals surface area contributed by atoms with Crippen LogP contribution in [-0.4, -0.2) is 11.6 Å². The number of ether oxygens (including phenoxy) is 1. The summed E-state index contributed by atoms with van der Waals surface area (Å²) in [7, 11) is 0. The molecule has 2 nitrogen and oxygen atoms in total. The van der Waals surface area contributed by atoms with E-state index in [2.05, 4.69) is 39.5 Å². The molecule has 0 aliphatic rings. The van der Waals surface area contributed by atoms with E-state index in [4.69, 9.17) is 4.74 Å². The van der Waals surface area contributed by atoms with E-state index in [1.807, 2.05) is 63.3 Å². The van der Waals surface area contributed by atoms with Crippen molar-refractivity contribution in [3.05, 3.63) is 72.4 Å². The quantitative estimate of drug-likeness (QED) is 0.295. The largest absolute Gasteiger partial charge is 0.459 e. The van der Waals surface area contributed by atoms with E-state index in [0.29, 0.717) is 0 Å². The second-order valence-corrected chi connectivity index (χ2v) is 8.66. The van der Waals surface area contributed by atoms with Crippen LogP contribution < -0.4 is 0 Å². The first-order chi connectivity index (χ1) is 13.1. The Kier molecular flexibility index (Phi) is 9.45. The smallest absolute Gasteiger partial charge is 0.314 e. The normalized spacial score (nSPS) is 14.9. The zero-order valence-electron chi connectivity index (χ0n) is 18.6. The lowest BCUT2D eigenvalue weighted by Gasteiger charge is -2.36. The van der Waals surface area contributed by atoms with Crippen LogP contribution in [0, 0.1) is 5.41 Å². The first-order valence-corrected chi connectivity index (χ1v) is 10.3. The maximum absolute atomic E-state index is 13.4. The first kappa shape index (κ1) is 23.9. The van der Waals surface area contributed by atoms with Crippen LogP contribution in [-0.2, 0) is 9.53 Å². The molecule has 0 radical (unpaired) electrons. The highest BCUT2D eigenvalue weighted by Crippen LogP contribution is 2.43. The summed E-state index contributed by atoms with van der Waals surface area (Å²) in [6.45, 7) is 16.4. The van der Waals surface area contributed by atoms with E-state index < -0.39 is 5.60 Å². The average molecular weight is 383 g/mol. The molecular formula is C26H38O2. The summed E-state index contributed by atoms with van der Waals surface area (Å²) in [4.78, 5) is 13.4. The van der Waals surface area contributed by atoms with Crippen molar-refractivity contribution < 1.29 is 9.53 Å². The van der Waals surface area contributed by atoms with Gasteiger partial charge in [-0.1, -0.05) is 67.1 Å². The molecule has 28 heavy (non-hydrogen) atoms. The number of hydrogen-bond donors (Lipinski definition) is 0. The molecule has 0 fully saturated rings. The van der Waals surface area contributed by atoms with Crippen LogP contribution in [0.2, 0.25) is 0 Å². The molecule has 0 saturated carbocycles. The van der Waals surface area contributed by atoms with Crippen LogP contribution in [0.4, 0.5) is 0 Å². The number of hydrogen-bond acceptors (Lipinski definition) is 2. The third-order valence-corrected chi connectivity index (χ3v) is 5.26. The number of allylic oxidation sites excluding steroid dienone is 5. The number of esters is 1. The Balaban J connectivity index is 3.15. The van der Waals surface area contributed by atoms with Gasteiger partial charge in [-0.3, -0.25) is 4.79 Å². The van der Waals surface area contributed by atoms with Gasteiger partial charge in [0.1, 0.15) is 5.60 Å². The van der Waals surface area contributed by atoms with E-state index in [1.165, 1.54) is 5.57 Å². The summed E-state index contributed by atoms with van der Waals surface area (Å²) in [6, 6.07) is 9.96. The van der Waals surface area contributed by atoms with Crippen LogP contribution in [0.15, 0.2) is 66.8 Å². The molecule has 0 aromatic heterocycles. The Morgan fingerprint density at radius 3 is 2.29 bits per heavy atom. The zero-order valence-corrected chi connectivity index (χ0v) is 18.6. The van der Waals surface area contributed by atoms with Crippen molar-refractivity contribution in [1.82, 2.24) is 0 Å². The molecule has 1 aromatic rings. The third-order valence-electron chi connectivity index (χ3n) is 5.26. The van der Waals surface area contributed by atoms with Crippen molar-refractivity contribution in [1.29, 1.82) is 0 Å². The molecule has 0 heterocycles. The van der Waals surface area contributed by atoms with Crippen molar-refractivity contribution in [2.75, 3.05) is 0 Å². The Hall–Kier alpha value is -2.09. The van der Waals surface area contributed by atoms with Crippen molar-refractivity contribution in [2.24, 2.45) is 5.41 Å². The molecule has 0 bridgehead atoms. The second-order valence-electron chi connectivity index (χ2n) is 8.66. The lowest BCUT2D eigenvalue weighted by Crippen LogP contribution is -2.37. The average Bonchev–Trinajstić information content (AvgIpc) is 2.62. The lowest BCUT2D eigenvalue weighted by atomic mass is 9.70. The molecule has 1 aromatic carbocycles. The molecule has 2 heteroatoms. The molecule has 2 unspecified atom stereocenters. The third kappa shape index (κ3) is 7.50. The number of rotatable bonds is 11. The summed E-state index contributed by atoms with van der Waals surface area (Å²) in [5.74, 6) is -0.547. The van der Waals surface area contributed by atoms with E-state index in [0.717, 1.165) is 31.2 Å². The van der Waals surface area contributed by atoms with Gasteiger partial charge in [-0.2, -0.15) is 0 Å². The summed E-state index contributed by atoms with van der Waals surface area (Å²) >= 11 is 0. The van der Waals surface area contributed by atoms with Gasteiger partial charge in [-0.25, -0.2) is 0 Å². The predicted molar refractivity (Wildman–Crippen MR) is 120 cm³/mol. The topological polar surface area (TPSA) is 26.3 Å². The molecule has 0 N–H and O–H groups in total. The minimum absolute atomic E-state index is 0.170. The van der Waals surface area contributed by atoms with E-state index >= 15 is 0 Å². The van der Waals surface area contributed by atoms with Gasteiger partial charge in [0.2, 0.25) is 0 Å². The number of benzene rings is 1. The van der Waals surface area contributed by atoms with Crippen molar-refractivity contribution >= 4 is 5.97 Å². The second kappa shape index (κ2) is 11.0. The van der Waals surface area contributed by atoms with Gasteiger partial charge in [0.25, 0.3) is 0 Å². The summed E-state index contributed by atoms with van der Waals surface area (Å²) in [5.41, 5.74) is 1.38.